The van der Waals surface area contributed by atoms with Crippen LogP contribution < -0.4 is 10.8 Å². The third-order valence-electron chi connectivity index (χ3n) is 3.68. The van der Waals surface area contributed by atoms with Crippen LogP contribution in [0.5, 0.6) is 0 Å². The van der Waals surface area contributed by atoms with Gasteiger partial charge in [0, 0.05) is 15.8 Å². The third-order valence-corrected chi connectivity index (χ3v) is 4.79. The average Bonchev–Trinajstić information content (AvgIpc) is 3.10. The number of carbonyl (C=O) groups is 2. The second-order valence-corrected chi connectivity index (χ2v) is 6.72. The molecule has 0 bridgehead atoms. The quantitative estimate of drug-likeness (QED) is 0.379. The summed E-state index contributed by atoms with van der Waals surface area (Å²) in [4.78, 5) is 24.3. The standard InChI is InChI=1S/C20H16N2O3S/c1-13(6-7-14-8-10-15(11-9-14)19(23)22-25)21-20(24)18-12-16-4-2-3-5-17(16)26-18/h2-5,8-13,25H,1H3,(H,21,24)(H,22,23)/t13-/m0/s1. The Morgan fingerprint density at radius 3 is 2.50 bits per heavy atom. The molecule has 130 valence electrons. The Bertz CT molecular complexity index is 980. The number of rotatable bonds is 3. The fourth-order valence-corrected chi connectivity index (χ4v) is 3.32. The van der Waals surface area contributed by atoms with E-state index in [1.807, 2.05) is 37.3 Å². The van der Waals surface area contributed by atoms with Gasteiger partial charge in [0.1, 0.15) is 0 Å². The monoisotopic (exact) mass is 364 g/mol. The zero-order chi connectivity index (χ0) is 18.5. The van der Waals surface area contributed by atoms with Crippen LogP contribution in [0.4, 0.5) is 0 Å². The van der Waals surface area contributed by atoms with E-state index in [0.717, 1.165) is 10.1 Å². The highest BCUT2D eigenvalue weighted by atomic mass is 32.1. The molecule has 0 unspecified atom stereocenters. The predicted octanol–water partition coefficient (Wildman–Crippen LogP) is 3.19. The van der Waals surface area contributed by atoms with Gasteiger partial charge in [-0.05, 0) is 48.7 Å². The zero-order valence-corrected chi connectivity index (χ0v) is 14.8. The van der Waals surface area contributed by atoms with Crippen LogP contribution in [0, 0.1) is 11.8 Å². The molecule has 0 aliphatic rings. The summed E-state index contributed by atoms with van der Waals surface area (Å²) in [5.41, 5.74) is 2.62. The molecule has 1 atom stereocenters. The van der Waals surface area contributed by atoms with Crippen molar-refractivity contribution in [2.75, 3.05) is 0 Å². The fraction of sp³-hybridized carbons (Fsp3) is 0.100. The van der Waals surface area contributed by atoms with Crippen LogP contribution in [-0.2, 0) is 0 Å². The van der Waals surface area contributed by atoms with E-state index >= 15 is 0 Å². The SMILES string of the molecule is C[C@@H](C#Cc1ccc(C(=O)NO)cc1)NC(=O)c1cc2ccccc2s1. The molecule has 2 aromatic carbocycles. The van der Waals surface area contributed by atoms with Gasteiger partial charge in [-0.25, -0.2) is 5.48 Å². The highest BCUT2D eigenvalue weighted by molar-refractivity contribution is 7.20. The molecule has 0 aliphatic carbocycles. The Labute approximate surface area is 154 Å². The minimum Gasteiger partial charge on any atom is -0.338 e. The first-order chi connectivity index (χ1) is 12.6. The molecule has 0 aliphatic heterocycles. The number of hydrogen-bond donors (Lipinski definition) is 3. The first kappa shape index (κ1) is 17.7. The molecule has 3 aromatic rings. The minimum absolute atomic E-state index is 0.150. The largest absolute Gasteiger partial charge is 0.338 e. The molecular formula is C20H16N2O3S. The smallest absolute Gasteiger partial charge is 0.274 e. The lowest BCUT2D eigenvalue weighted by Gasteiger charge is -2.05. The van der Waals surface area contributed by atoms with E-state index < -0.39 is 5.91 Å². The molecule has 26 heavy (non-hydrogen) atoms. The Balaban J connectivity index is 1.65. The van der Waals surface area contributed by atoms with E-state index in [1.165, 1.54) is 11.3 Å². The number of hydrogen-bond acceptors (Lipinski definition) is 4. The molecule has 2 amide bonds. The van der Waals surface area contributed by atoms with Gasteiger partial charge < -0.3 is 5.32 Å². The van der Waals surface area contributed by atoms with E-state index in [9.17, 15) is 9.59 Å². The van der Waals surface area contributed by atoms with Gasteiger partial charge in [-0.2, -0.15) is 0 Å². The number of benzene rings is 2. The molecule has 5 nitrogen and oxygen atoms in total. The molecule has 1 aromatic heterocycles. The number of hydroxylamine groups is 1. The van der Waals surface area contributed by atoms with Crippen LogP contribution in [0.1, 0.15) is 32.5 Å². The second kappa shape index (κ2) is 7.83. The number of carbonyl (C=O) groups excluding carboxylic acids is 2. The lowest BCUT2D eigenvalue weighted by molar-refractivity contribution is 0.0706. The van der Waals surface area contributed by atoms with Gasteiger partial charge >= 0.3 is 0 Å². The van der Waals surface area contributed by atoms with Crippen LogP contribution in [-0.4, -0.2) is 23.1 Å². The maximum absolute atomic E-state index is 12.4. The van der Waals surface area contributed by atoms with Crippen LogP contribution in [0.15, 0.2) is 54.6 Å². The van der Waals surface area contributed by atoms with Gasteiger partial charge in [0.2, 0.25) is 0 Å². The molecule has 3 rings (SSSR count). The van der Waals surface area contributed by atoms with Crippen molar-refractivity contribution >= 4 is 33.2 Å². The van der Waals surface area contributed by atoms with E-state index in [1.54, 1.807) is 29.7 Å². The zero-order valence-electron chi connectivity index (χ0n) is 13.9. The molecule has 3 N–H and O–H groups in total. The average molecular weight is 364 g/mol. The maximum atomic E-state index is 12.4. The van der Waals surface area contributed by atoms with Crippen molar-refractivity contribution in [3.63, 3.8) is 0 Å². The summed E-state index contributed by atoms with van der Waals surface area (Å²) in [5, 5.41) is 12.5. The van der Waals surface area contributed by atoms with Crippen LogP contribution in [0.25, 0.3) is 10.1 Å². The summed E-state index contributed by atoms with van der Waals surface area (Å²) in [6.45, 7) is 1.81. The number of amides is 2. The van der Waals surface area contributed by atoms with Crippen LogP contribution in [0.2, 0.25) is 0 Å². The second-order valence-electron chi connectivity index (χ2n) is 5.63. The van der Waals surface area contributed by atoms with Crippen LogP contribution in [0.3, 0.4) is 0 Å². The van der Waals surface area contributed by atoms with Gasteiger partial charge in [0.05, 0.1) is 10.9 Å². The van der Waals surface area contributed by atoms with Gasteiger partial charge in [0.15, 0.2) is 0 Å². The first-order valence-corrected chi connectivity index (χ1v) is 8.74. The summed E-state index contributed by atoms with van der Waals surface area (Å²) in [5.74, 6) is 5.20. The van der Waals surface area contributed by atoms with Crippen molar-refractivity contribution in [3.8, 4) is 11.8 Å². The van der Waals surface area contributed by atoms with Crippen LogP contribution >= 0.6 is 11.3 Å². The van der Waals surface area contributed by atoms with Crippen molar-refractivity contribution in [3.05, 3.63) is 70.6 Å². The molecule has 0 saturated carbocycles. The molecule has 0 fully saturated rings. The summed E-state index contributed by atoms with van der Waals surface area (Å²) < 4.78 is 1.07. The fourth-order valence-electron chi connectivity index (χ4n) is 2.36. The lowest BCUT2D eigenvalue weighted by atomic mass is 10.1. The third kappa shape index (κ3) is 4.09. The van der Waals surface area contributed by atoms with Crippen molar-refractivity contribution in [1.29, 1.82) is 0 Å². The summed E-state index contributed by atoms with van der Waals surface area (Å²) >= 11 is 1.45. The van der Waals surface area contributed by atoms with E-state index in [-0.39, 0.29) is 11.9 Å². The van der Waals surface area contributed by atoms with Gasteiger partial charge in [-0.15, -0.1) is 11.3 Å². The Morgan fingerprint density at radius 1 is 1.08 bits per heavy atom. The van der Waals surface area contributed by atoms with Gasteiger partial charge in [0.25, 0.3) is 11.8 Å². The summed E-state index contributed by atoms with van der Waals surface area (Å²) in [6.07, 6.45) is 0. The molecule has 0 radical (unpaired) electrons. The number of fused-ring (bicyclic) bond motifs is 1. The topological polar surface area (TPSA) is 78.4 Å². The Kier molecular flexibility index (Phi) is 5.32. The molecule has 6 heteroatoms. The summed E-state index contributed by atoms with van der Waals surface area (Å²) in [6, 6.07) is 15.9. The minimum atomic E-state index is -0.575. The normalized spacial score (nSPS) is 11.3. The first-order valence-electron chi connectivity index (χ1n) is 7.92. The Hall–Kier alpha value is -3.14. The van der Waals surface area contributed by atoms with Crippen molar-refractivity contribution in [2.45, 2.75) is 13.0 Å². The molecule has 1 heterocycles. The van der Waals surface area contributed by atoms with E-state index in [2.05, 4.69) is 17.2 Å². The van der Waals surface area contributed by atoms with E-state index in [4.69, 9.17) is 5.21 Å². The highest BCUT2D eigenvalue weighted by Crippen LogP contribution is 2.25. The Morgan fingerprint density at radius 2 is 1.81 bits per heavy atom. The van der Waals surface area contributed by atoms with Gasteiger partial charge in [-0.1, -0.05) is 30.0 Å². The molecule has 0 spiro atoms. The molecular weight excluding hydrogens is 348 g/mol. The van der Waals surface area contributed by atoms with E-state index in [0.29, 0.717) is 16.0 Å². The number of thiophene rings is 1. The lowest BCUT2D eigenvalue weighted by Crippen LogP contribution is -2.30. The summed E-state index contributed by atoms with van der Waals surface area (Å²) in [7, 11) is 0. The highest BCUT2D eigenvalue weighted by Gasteiger charge is 2.11. The van der Waals surface area contributed by atoms with Crippen molar-refractivity contribution in [2.24, 2.45) is 0 Å². The number of nitrogens with one attached hydrogen (secondary N) is 2. The van der Waals surface area contributed by atoms with Crippen molar-refractivity contribution in [1.82, 2.24) is 10.8 Å². The maximum Gasteiger partial charge on any atom is 0.274 e. The van der Waals surface area contributed by atoms with Crippen molar-refractivity contribution < 1.29 is 14.8 Å². The molecule has 0 saturated heterocycles. The van der Waals surface area contributed by atoms with Gasteiger partial charge in [-0.3, -0.25) is 14.8 Å². The predicted molar refractivity (Wildman–Crippen MR) is 101 cm³/mol.